The maximum Gasteiger partial charge on any atom is 0.236 e. The number of nitrogens with zero attached hydrogens (tertiary/aromatic N) is 1. The molecule has 0 bridgehead atoms. The summed E-state index contributed by atoms with van der Waals surface area (Å²) in [4.78, 5) is 12.6. The molecule has 0 spiro atoms. The third-order valence-corrected chi connectivity index (χ3v) is 4.42. The number of anilines is 1. The minimum Gasteiger partial charge on any atom is -0.356 e. The van der Waals surface area contributed by atoms with Crippen LogP contribution < -0.4 is 5.32 Å². The highest BCUT2D eigenvalue weighted by molar-refractivity contribution is 6.01. The highest BCUT2D eigenvalue weighted by Gasteiger charge is 2.53. The van der Waals surface area contributed by atoms with Crippen molar-refractivity contribution in [2.75, 3.05) is 5.32 Å². The van der Waals surface area contributed by atoms with E-state index in [1.54, 1.807) is 6.07 Å². The zero-order valence-corrected chi connectivity index (χ0v) is 13.1. The van der Waals surface area contributed by atoms with Crippen LogP contribution in [0.3, 0.4) is 0 Å². The largest absolute Gasteiger partial charge is 0.356 e. The summed E-state index contributed by atoms with van der Waals surface area (Å²) in [5, 5.41) is 6.68. The molecular formula is C19H14F2N2O2. The molecule has 2 aromatic carbocycles. The predicted molar refractivity (Wildman–Crippen MR) is 87.8 cm³/mol. The molecular weight excluding hydrogens is 326 g/mol. The molecule has 0 aliphatic heterocycles. The Bertz CT molecular complexity index is 934. The van der Waals surface area contributed by atoms with Crippen molar-refractivity contribution in [2.45, 2.75) is 18.3 Å². The molecule has 1 aliphatic carbocycles. The lowest BCUT2D eigenvalue weighted by molar-refractivity contribution is -0.118. The molecule has 0 unspecified atom stereocenters. The number of carbonyl (C=O) groups is 1. The van der Waals surface area contributed by atoms with E-state index in [0.717, 1.165) is 17.7 Å². The predicted octanol–water partition coefficient (Wildman–Crippen LogP) is 4.29. The fraction of sp³-hybridized carbons (Fsp3) is 0.158. The summed E-state index contributed by atoms with van der Waals surface area (Å²) in [5.74, 6) is -1.67. The lowest BCUT2D eigenvalue weighted by atomic mass is 10.00. The van der Waals surface area contributed by atoms with E-state index in [0.29, 0.717) is 24.3 Å². The van der Waals surface area contributed by atoms with Crippen molar-refractivity contribution in [2.24, 2.45) is 0 Å². The lowest BCUT2D eigenvalue weighted by Gasteiger charge is -2.12. The fourth-order valence-corrected chi connectivity index (χ4v) is 2.79. The van der Waals surface area contributed by atoms with Gasteiger partial charge in [-0.25, -0.2) is 8.78 Å². The zero-order chi connectivity index (χ0) is 17.4. The Morgan fingerprint density at radius 3 is 2.48 bits per heavy atom. The first-order valence-corrected chi connectivity index (χ1v) is 7.88. The molecule has 1 N–H and O–H groups in total. The van der Waals surface area contributed by atoms with Crippen LogP contribution in [-0.4, -0.2) is 11.1 Å². The SMILES string of the molecule is O=C(Nc1ccc(F)c(F)c1)C1(c2cc(-c3ccccc3)on2)CC1. The van der Waals surface area contributed by atoms with Gasteiger partial charge in [-0.1, -0.05) is 35.5 Å². The third kappa shape index (κ3) is 2.80. The average molecular weight is 340 g/mol. The van der Waals surface area contributed by atoms with Crippen LogP contribution in [0.15, 0.2) is 59.1 Å². The second-order valence-corrected chi connectivity index (χ2v) is 6.11. The molecule has 3 aromatic rings. The number of hydrogen-bond donors (Lipinski definition) is 1. The first kappa shape index (κ1) is 15.5. The molecule has 126 valence electrons. The van der Waals surface area contributed by atoms with E-state index in [2.05, 4.69) is 10.5 Å². The van der Waals surface area contributed by atoms with Crippen LogP contribution in [0.1, 0.15) is 18.5 Å². The smallest absolute Gasteiger partial charge is 0.236 e. The van der Waals surface area contributed by atoms with Crippen LogP contribution in [0.25, 0.3) is 11.3 Å². The van der Waals surface area contributed by atoms with E-state index in [1.807, 2.05) is 30.3 Å². The number of nitrogens with one attached hydrogen (secondary N) is 1. The summed E-state index contributed by atoms with van der Waals surface area (Å²) in [7, 11) is 0. The first-order chi connectivity index (χ1) is 12.1. The van der Waals surface area contributed by atoms with Gasteiger partial charge in [0.1, 0.15) is 0 Å². The summed E-state index contributed by atoms with van der Waals surface area (Å²) in [6.45, 7) is 0. The number of halogens is 2. The molecule has 25 heavy (non-hydrogen) atoms. The first-order valence-electron chi connectivity index (χ1n) is 7.88. The lowest BCUT2D eigenvalue weighted by Crippen LogP contribution is -2.28. The second-order valence-electron chi connectivity index (χ2n) is 6.11. The molecule has 4 rings (SSSR count). The molecule has 1 fully saturated rings. The summed E-state index contributed by atoms with van der Waals surface area (Å²) in [6, 6.07) is 14.5. The van der Waals surface area contributed by atoms with Crippen molar-refractivity contribution < 1.29 is 18.1 Å². The van der Waals surface area contributed by atoms with Gasteiger partial charge in [0.15, 0.2) is 17.4 Å². The van der Waals surface area contributed by atoms with E-state index in [9.17, 15) is 13.6 Å². The topological polar surface area (TPSA) is 55.1 Å². The van der Waals surface area contributed by atoms with Gasteiger partial charge in [-0.3, -0.25) is 4.79 Å². The van der Waals surface area contributed by atoms with E-state index in [1.165, 1.54) is 6.07 Å². The zero-order valence-electron chi connectivity index (χ0n) is 13.1. The van der Waals surface area contributed by atoms with Crippen molar-refractivity contribution in [1.29, 1.82) is 0 Å². The Morgan fingerprint density at radius 1 is 1.04 bits per heavy atom. The van der Waals surface area contributed by atoms with E-state index in [4.69, 9.17) is 4.52 Å². The van der Waals surface area contributed by atoms with E-state index < -0.39 is 17.0 Å². The fourth-order valence-electron chi connectivity index (χ4n) is 2.79. The van der Waals surface area contributed by atoms with E-state index in [-0.39, 0.29) is 11.6 Å². The van der Waals surface area contributed by atoms with Gasteiger partial charge in [-0.05, 0) is 25.0 Å². The average Bonchev–Trinajstić information content (AvgIpc) is 3.29. The van der Waals surface area contributed by atoms with Crippen LogP contribution in [0.2, 0.25) is 0 Å². The highest BCUT2D eigenvalue weighted by Crippen LogP contribution is 2.49. The summed E-state index contributed by atoms with van der Waals surface area (Å²) >= 11 is 0. The third-order valence-electron chi connectivity index (χ3n) is 4.42. The minimum absolute atomic E-state index is 0.210. The number of hydrogen-bond acceptors (Lipinski definition) is 3. The van der Waals surface area contributed by atoms with Gasteiger partial charge < -0.3 is 9.84 Å². The van der Waals surface area contributed by atoms with Crippen LogP contribution in [0, 0.1) is 11.6 Å². The summed E-state index contributed by atoms with van der Waals surface area (Å²) < 4.78 is 31.7. The number of carbonyl (C=O) groups excluding carboxylic acids is 1. The summed E-state index contributed by atoms with van der Waals surface area (Å²) in [6.07, 6.45) is 1.26. The quantitative estimate of drug-likeness (QED) is 0.771. The van der Waals surface area contributed by atoms with Crippen LogP contribution in [0.5, 0.6) is 0 Å². The molecule has 1 heterocycles. The van der Waals surface area contributed by atoms with Gasteiger partial charge in [-0.15, -0.1) is 0 Å². The van der Waals surface area contributed by atoms with Crippen molar-refractivity contribution in [3.63, 3.8) is 0 Å². The maximum absolute atomic E-state index is 13.3. The molecule has 4 nitrogen and oxygen atoms in total. The molecule has 0 saturated heterocycles. The number of rotatable bonds is 4. The molecule has 1 amide bonds. The Hall–Kier alpha value is -3.02. The molecule has 0 atom stereocenters. The van der Waals surface area contributed by atoms with Gasteiger partial charge in [0.05, 0.1) is 11.1 Å². The minimum atomic E-state index is -1.00. The monoisotopic (exact) mass is 340 g/mol. The second kappa shape index (κ2) is 5.81. The number of benzene rings is 2. The number of amides is 1. The van der Waals surface area contributed by atoms with Crippen molar-refractivity contribution in [1.82, 2.24) is 5.16 Å². The van der Waals surface area contributed by atoms with Gasteiger partial charge in [0.25, 0.3) is 0 Å². The summed E-state index contributed by atoms with van der Waals surface area (Å²) in [5.41, 5.74) is 0.855. The van der Waals surface area contributed by atoms with Crippen LogP contribution in [0.4, 0.5) is 14.5 Å². The Labute approximate surface area is 142 Å². The van der Waals surface area contributed by atoms with Crippen LogP contribution >= 0.6 is 0 Å². The van der Waals surface area contributed by atoms with Crippen molar-refractivity contribution >= 4 is 11.6 Å². The Kier molecular flexibility index (Phi) is 3.60. The van der Waals surface area contributed by atoms with Gasteiger partial charge >= 0.3 is 0 Å². The van der Waals surface area contributed by atoms with Crippen LogP contribution in [-0.2, 0) is 10.2 Å². The molecule has 6 heteroatoms. The normalized spacial score (nSPS) is 15.0. The van der Waals surface area contributed by atoms with Crippen molar-refractivity contribution in [3.8, 4) is 11.3 Å². The molecule has 1 aliphatic rings. The standard InChI is InChI=1S/C19H14F2N2O2/c20-14-7-6-13(10-15(14)21)22-18(24)19(8-9-19)17-11-16(25-23-17)12-4-2-1-3-5-12/h1-7,10-11H,8-9H2,(H,22,24). The Balaban J connectivity index is 1.56. The number of aromatic nitrogens is 1. The van der Waals surface area contributed by atoms with Gasteiger partial charge in [-0.2, -0.15) is 0 Å². The Morgan fingerprint density at radius 2 is 1.80 bits per heavy atom. The maximum atomic E-state index is 13.3. The molecule has 0 radical (unpaired) electrons. The van der Waals surface area contributed by atoms with Gasteiger partial charge in [0.2, 0.25) is 5.91 Å². The highest BCUT2D eigenvalue weighted by atomic mass is 19.2. The van der Waals surface area contributed by atoms with E-state index >= 15 is 0 Å². The molecule has 1 saturated carbocycles. The van der Waals surface area contributed by atoms with Gasteiger partial charge in [0, 0.05) is 23.4 Å². The molecule has 1 aromatic heterocycles. The van der Waals surface area contributed by atoms with Crippen molar-refractivity contribution in [3.05, 3.63) is 71.9 Å².